The lowest BCUT2D eigenvalue weighted by Crippen LogP contribution is -2.45. The Balaban J connectivity index is 1.50. The van der Waals surface area contributed by atoms with E-state index < -0.39 is 16.1 Å². The van der Waals surface area contributed by atoms with Gasteiger partial charge in [0, 0.05) is 25.7 Å². The first-order valence-corrected chi connectivity index (χ1v) is 13.2. The number of hydrogen-bond acceptors (Lipinski definition) is 6. The molecule has 0 bridgehead atoms. The van der Waals surface area contributed by atoms with E-state index in [0.717, 1.165) is 33.7 Å². The van der Waals surface area contributed by atoms with E-state index in [1.807, 2.05) is 43.3 Å². The summed E-state index contributed by atoms with van der Waals surface area (Å²) in [6.07, 6.45) is 1.12. The summed E-state index contributed by atoms with van der Waals surface area (Å²) in [5.74, 6) is 0.385. The molecular weight excluding hydrogens is 480 g/mol. The molecule has 7 nitrogen and oxygen atoms in total. The predicted molar refractivity (Wildman–Crippen MR) is 132 cm³/mol. The van der Waals surface area contributed by atoms with E-state index in [2.05, 4.69) is 15.6 Å². The summed E-state index contributed by atoms with van der Waals surface area (Å²) in [7, 11) is -1.97. The molecule has 0 aliphatic carbocycles. The molecule has 1 saturated heterocycles. The number of anilines is 1. The van der Waals surface area contributed by atoms with E-state index in [4.69, 9.17) is 11.6 Å². The zero-order valence-corrected chi connectivity index (χ0v) is 20.7. The number of pyridine rings is 1. The lowest BCUT2D eigenvalue weighted by atomic mass is 10.1. The zero-order chi connectivity index (χ0) is 23.6. The number of carbonyl (C=O) groups is 1. The van der Waals surface area contributed by atoms with Crippen molar-refractivity contribution in [3.8, 4) is 11.3 Å². The Hall–Kier alpha value is -2.46. The third kappa shape index (κ3) is 5.22. The van der Waals surface area contributed by atoms with Crippen molar-refractivity contribution in [3.05, 3.63) is 64.0 Å². The largest absolute Gasteiger partial charge is 0.373 e. The Morgan fingerprint density at radius 2 is 1.97 bits per heavy atom. The number of aromatic nitrogens is 1. The van der Waals surface area contributed by atoms with Crippen LogP contribution in [0.2, 0.25) is 4.34 Å². The van der Waals surface area contributed by atoms with Crippen LogP contribution in [0.1, 0.15) is 24.0 Å². The molecule has 33 heavy (non-hydrogen) atoms. The highest BCUT2D eigenvalue weighted by Gasteiger charge is 2.40. The normalized spacial score (nSPS) is 16.6. The van der Waals surface area contributed by atoms with Crippen molar-refractivity contribution in [1.29, 1.82) is 0 Å². The molecule has 174 valence electrons. The van der Waals surface area contributed by atoms with Crippen LogP contribution in [-0.4, -0.2) is 43.2 Å². The molecule has 2 aromatic heterocycles. The number of sulfonamides is 1. The van der Waals surface area contributed by atoms with E-state index in [1.54, 1.807) is 13.1 Å². The zero-order valence-electron chi connectivity index (χ0n) is 18.3. The van der Waals surface area contributed by atoms with Crippen LogP contribution in [0.15, 0.2) is 52.7 Å². The molecule has 0 radical (unpaired) electrons. The van der Waals surface area contributed by atoms with Crippen molar-refractivity contribution in [2.24, 2.45) is 0 Å². The molecule has 0 saturated carbocycles. The maximum atomic E-state index is 13.0. The molecule has 3 aromatic rings. The number of benzene rings is 1. The molecule has 1 fully saturated rings. The Morgan fingerprint density at radius 1 is 1.21 bits per heavy atom. The molecular formula is C23H25ClN4O3S2. The average molecular weight is 505 g/mol. The van der Waals surface area contributed by atoms with Gasteiger partial charge in [-0.15, -0.1) is 11.3 Å². The molecule has 4 rings (SSSR count). The number of nitrogens with zero attached hydrogens (tertiary/aromatic N) is 2. The third-order valence-electron chi connectivity index (χ3n) is 5.57. The number of amides is 1. The van der Waals surface area contributed by atoms with Crippen LogP contribution in [-0.2, 0) is 21.4 Å². The van der Waals surface area contributed by atoms with Crippen molar-refractivity contribution in [2.45, 2.75) is 36.6 Å². The fraction of sp³-hybridized carbons (Fsp3) is 0.304. The van der Waals surface area contributed by atoms with Crippen LogP contribution in [0, 0.1) is 6.92 Å². The number of halogens is 1. The second-order valence-electron chi connectivity index (χ2n) is 7.91. The maximum Gasteiger partial charge on any atom is 0.253 e. The van der Waals surface area contributed by atoms with Crippen molar-refractivity contribution in [1.82, 2.24) is 14.6 Å². The summed E-state index contributed by atoms with van der Waals surface area (Å²) < 4.78 is 27.9. The fourth-order valence-corrected chi connectivity index (χ4v) is 7.11. The first-order valence-electron chi connectivity index (χ1n) is 10.6. The van der Waals surface area contributed by atoms with Gasteiger partial charge in [0.05, 0.1) is 10.0 Å². The topological polar surface area (TPSA) is 91.4 Å². The van der Waals surface area contributed by atoms with Gasteiger partial charge >= 0.3 is 0 Å². The van der Waals surface area contributed by atoms with Gasteiger partial charge in [-0.1, -0.05) is 41.4 Å². The second-order valence-corrected chi connectivity index (χ2v) is 11.7. The average Bonchev–Trinajstić information content (AvgIpc) is 3.48. The monoisotopic (exact) mass is 504 g/mol. The van der Waals surface area contributed by atoms with Gasteiger partial charge in [0.15, 0.2) is 0 Å². The van der Waals surface area contributed by atoms with Crippen LogP contribution in [0.3, 0.4) is 0 Å². The highest BCUT2D eigenvalue weighted by atomic mass is 35.5. The Bertz CT molecular complexity index is 1260. The Morgan fingerprint density at radius 3 is 2.64 bits per heavy atom. The van der Waals surface area contributed by atoms with Crippen molar-refractivity contribution in [3.63, 3.8) is 0 Å². The van der Waals surface area contributed by atoms with Gasteiger partial charge in [0.25, 0.3) is 10.0 Å². The predicted octanol–water partition coefficient (Wildman–Crippen LogP) is 4.28. The van der Waals surface area contributed by atoms with E-state index in [-0.39, 0.29) is 16.7 Å². The summed E-state index contributed by atoms with van der Waals surface area (Å²) in [6, 6.07) is 14.2. The van der Waals surface area contributed by atoms with Gasteiger partial charge in [-0.2, -0.15) is 4.31 Å². The van der Waals surface area contributed by atoms with E-state index in [1.165, 1.54) is 10.4 Å². The summed E-state index contributed by atoms with van der Waals surface area (Å²) in [5.41, 5.74) is 3.81. The van der Waals surface area contributed by atoms with Gasteiger partial charge in [0.1, 0.15) is 16.1 Å². The van der Waals surface area contributed by atoms with Gasteiger partial charge in [-0.05, 0) is 49.6 Å². The molecule has 2 N–H and O–H groups in total. The summed E-state index contributed by atoms with van der Waals surface area (Å²) >= 11 is 6.93. The second kappa shape index (κ2) is 9.80. The quantitative estimate of drug-likeness (QED) is 0.501. The van der Waals surface area contributed by atoms with Crippen LogP contribution in [0.25, 0.3) is 11.3 Å². The Kier molecular flexibility index (Phi) is 7.04. The highest BCUT2D eigenvalue weighted by molar-refractivity contribution is 7.91. The fourth-order valence-electron chi connectivity index (χ4n) is 3.84. The Labute approximate surface area is 202 Å². The van der Waals surface area contributed by atoms with E-state index >= 15 is 0 Å². The van der Waals surface area contributed by atoms with Gasteiger partial charge in [0.2, 0.25) is 5.91 Å². The number of carbonyl (C=O) groups excluding carboxylic acids is 1. The van der Waals surface area contributed by atoms with Crippen LogP contribution >= 0.6 is 22.9 Å². The van der Waals surface area contributed by atoms with Crippen LogP contribution < -0.4 is 10.6 Å². The molecule has 10 heteroatoms. The molecule has 3 heterocycles. The summed E-state index contributed by atoms with van der Waals surface area (Å²) in [4.78, 5) is 17.6. The van der Waals surface area contributed by atoms with Gasteiger partial charge in [-0.25, -0.2) is 13.4 Å². The lowest BCUT2D eigenvalue weighted by Gasteiger charge is -2.22. The number of nitrogens with one attached hydrogen (secondary N) is 2. The van der Waals surface area contributed by atoms with Crippen LogP contribution in [0.4, 0.5) is 5.82 Å². The molecule has 0 spiro atoms. The molecule has 1 aromatic carbocycles. The van der Waals surface area contributed by atoms with Gasteiger partial charge < -0.3 is 10.6 Å². The first-order chi connectivity index (χ1) is 15.8. The molecule has 0 unspecified atom stereocenters. The van der Waals surface area contributed by atoms with Gasteiger partial charge in [-0.3, -0.25) is 4.79 Å². The number of rotatable bonds is 7. The van der Waals surface area contributed by atoms with Crippen molar-refractivity contribution < 1.29 is 13.2 Å². The number of aryl methyl sites for hydroxylation is 1. The lowest BCUT2D eigenvalue weighted by molar-refractivity contribution is -0.124. The summed E-state index contributed by atoms with van der Waals surface area (Å²) in [6.45, 7) is 2.61. The molecule has 1 aliphatic heterocycles. The minimum Gasteiger partial charge on any atom is -0.373 e. The first kappa shape index (κ1) is 23.7. The molecule has 1 aliphatic rings. The standard InChI is InChI=1S/C23H25ClN4O3S2/c1-15-5-7-17(8-6-15)18-12-16(13-21(25-2)27-18)14-26-23(29)19-4-3-11-28(19)33(30,31)22-10-9-20(24)32-22/h5-10,12-13,19H,3-4,11,14H2,1-2H3,(H,25,27)(H,26,29)/t19-/m0/s1. The van der Waals surface area contributed by atoms with Crippen molar-refractivity contribution >= 4 is 44.7 Å². The van der Waals surface area contributed by atoms with Crippen LogP contribution in [0.5, 0.6) is 0 Å². The number of thiophene rings is 1. The minimum atomic E-state index is -3.77. The molecule has 1 amide bonds. The summed E-state index contributed by atoms with van der Waals surface area (Å²) in [5, 5.41) is 5.97. The number of hydrogen-bond donors (Lipinski definition) is 2. The van der Waals surface area contributed by atoms with E-state index in [0.29, 0.717) is 29.5 Å². The van der Waals surface area contributed by atoms with E-state index in [9.17, 15) is 13.2 Å². The maximum absolute atomic E-state index is 13.0. The SMILES string of the molecule is CNc1cc(CNC(=O)[C@@H]2CCCN2S(=O)(=O)c2ccc(Cl)s2)cc(-c2ccc(C)cc2)n1. The highest BCUT2D eigenvalue weighted by Crippen LogP contribution is 2.32. The third-order valence-corrected chi connectivity index (χ3v) is 9.18. The minimum absolute atomic E-state index is 0.155. The smallest absolute Gasteiger partial charge is 0.253 e. The molecule has 1 atom stereocenters. The van der Waals surface area contributed by atoms with Crippen molar-refractivity contribution in [2.75, 3.05) is 18.9 Å².